The molecule has 1 aliphatic rings. The summed E-state index contributed by atoms with van der Waals surface area (Å²) in [6, 6.07) is 8.15. The van der Waals surface area contributed by atoms with Crippen LogP contribution in [0.15, 0.2) is 24.3 Å². The van der Waals surface area contributed by atoms with E-state index in [1.165, 1.54) is 23.3 Å². The largest absolute Gasteiger partial charge is 0.497 e. The van der Waals surface area contributed by atoms with Crippen LogP contribution in [0.3, 0.4) is 0 Å². The minimum atomic E-state index is 0.432. The maximum absolute atomic E-state index is 5.75. The van der Waals surface area contributed by atoms with Crippen LogP contribution in [0.1, 0.15) is 53.1 Å². The minimum Gasteiger partial charge on any atom is -0.497 e. The number of ether oxygens (including phenoxy) is 1. The molecule has 1 aromatic carbocycles. The van der Waals surface area contributed by atoms with Crippen LogP contribution in [0.2, 0.25) is 0 Å². The van der Waals surface area contributed by atoms with E-state index in [1.807, 2.05) is 12.1 Å². The number of hydrogen-bond donors (Lipinski definition) is 2. The van der Waals surface area contributed by atoms with Crippen molar-refractivity contribution >= 4 is 32.9 Å². The lowest BCUT2D eigenvalue weighted by molar-refractivity contribution is 0.390. The molecule has 3 N–H and O–H groups in total. The highest BCUT2D eigenvalue weighted by atomic mass is 32.1. The summed E-state index contributed by atoms with van der Waals surface area (Å²) < 4.78 is 5.28. The molecule has 7 nitrogen and oxygen atoms in total. The normalized spacial score (nSPS) is 19.5. The number of nitrogens with one attached hydrogen (secondary N) is 1. The third-order valence-corrected chi connectivity index (χ3v) is 7.05. The maximum atomic E-state index is 5.75. The van der Waals surface area contributed by atoms with Gasteiger partial charge in [-0.05, 0) is 43.4 Å². The molecular formula is C19H24N6OS2. The number of hydrogen-bond acceptors (Lipinski definition) is 9. The highest BCUT2D eigenvalue weighted by Crippen LogP contribution is 2.43. The van der Waals surface area contributed by atoms with Gasteiger partial charge in [-0.15, -0.1) is 20.4 Å². The minimum absolute atomic E-state index is 0.432. The quantitative estimate of drug-likeness (QED) is 0.599. The first-order chi connectivity index (χ1) is 13.7. The lowest BCUT2D eigenvalue weighted by Crippen LogP contribution is -2.12. The van der Waals surface area contributed by atoms with Crippen molar-refractivity contribution in [2.75, 3.05) is 24.7 Å². The molecule has 1 saturated carbocycles. The lowest BCUT2D eigenvalue weighted by atomic mass is 9.82. The third-order valence-electron chi connectivity index (χ3n) is 5.09. The van der Waals surface area contributed by atoms with Crippen molar-refractivity contribution in [3.63, 3.8) is 0 Å². The van der Waals surface area contributed by atoms with Gasteiger partial charge in [0, 0.05) is 18.4 Å². The van der Waals surface area contributed by atoms with Gasteiger partial charge in [-0.2, -0.15) is 0 Å². The molecule has 0 aliphatic heterocycles. The van der Waals surface area contributed by atoms with Crippen molar-refractivity contribution < 1.29 is 4.74 Å². The Morgan fingerprint density at radius 3 is 2.64 bits per heavy atom. The third kappa shape index (κ3) is 4.59. The summed E-state index contributed by atoms with van der Waals surface area (Å²) >= 11 is 3.18. The van der Waals surface area contributed by atoms with Crippen LogP contribution >= 0.6 is 22.7 Å². The lowest BCUT2D eigenvalue weighted by Gasteiger charge is -2.25. The molecule has 0 amide bonds. The molecule has 148 valence electrons. The van der Waals surface area contributed by atoms with Crippen LogP contribution in [0.4, 0.5) is 10.3 Å². The molecular weight excluding hydrogens is 392 g/mol. The number of nitrogen functional groups attached to an aromatic ring is 1. The van der Waals surface area contributed by atoms with E-state index in [0.29, 0.717) is 17.0 Å². The number of anilines is 2. The van der Waals surface area contributed by atoms with Crippen molar-refractivity contribution in [2.45, 2.75) is 43.9 Å². The van der Waals surface area contributed by atoms with Crippen LogP contribution in [0, 0.1) is 0 Å². The summed E-state index contributed by atoms with van der Waals surface area (Å²) in [7, 11) is 1.69. The van der Waals surface area contributed by atoms with E-state index in [9.17, 15) is 0 Å². The van der Waals surface area contributed by atoms with E-state index in [1.54, 1.807) is 18.4 Å². The molecule has 9 heteroatoms. The predicted molar refractivity (Wildman–Crippen MR) is 113 cm³/mol. The van der Waals surface area contributed by atoms with Gasteiger partial charge >= 0.3 is 0 Å². The Hall–Kier alpha value is -2.26. The van der Waals surface area contributed by atoms with E-state index in [4.69, 9.17) is 10.5 Å². The van der Waals surface area contributed by atoms with E-state index < -0.39 is 0 Å². The van der Waals surface area contributed by atoms with E-state index >= 15 is 0 Å². The fourth-order valence-corrected chi connectivity index (χ4v) is 5.34. The van der Waals surface area contributed by atoms with Gasteiger partial charge in [0.1, 0.15) is 15.8 Å². The molecule has 4 rings (SSSR count). The van der Waals surface area contributed by atoms with E-state index in [2.05, 4.69) is 37.8 Å². The Morgan fingerprint density at radius 1 is 1.11 bits per heavy atom. The Bertz CT molecular complexity index is 911. The molecule has 1 aliphatic carbocycles. The van der Waals surface area contributed by atoms with Gasteiger partial charge in [-0.1, -0.05) is 41.2 Å². The zero-order valence-electron chi connectivity index (χ0n) is 15.8. The molecule has 2 unspecified atom stereocenters. The zero-order valence-corrected chi connectivity index (χ0v) is 17.4. The second-order valence-electron chi connectivity index (χ2n) is 7.01. The topological polar surface area (TPSA) is 98.8 Å². The van der Waals surface area contributed by atoms with Crippen molar-refractivity contribution in [3.8, 4) is 5.75 Å². The first-order valence-electron chi connectivity index (χ1n) is 9.50. The van der Waals surface area contributed by atoms with Crippen LogP contribution in [-0.4, -0.2) is 34.0 Å². The maximum Gasteiger partial charge on any atom is 0.205 e. The average Bonchev–Trinajstić information content (AvgIpc) is 3.38. The monoisotopic (exact) mass is 416 g/mol. The van der Waals surface area contributed by atoms with Gasteiger partial charge in [0.2, 0.25) is 10.3 Å². The molecule has 2 atom stereocenters. The summed E-state index contributed by atoms with van der Waals surface area (Å²) in [5.41, 5.74) is 6.99. The first kappa shape index (κ1) is 19.1. The van der Waals surface area contributed by atoms with Crippen molar-refractivity contribution in [1.82, 2.24) is 20.4 Å². The Labute approximate surface area is 172 Å². The fraction of sp³-hybridized carbons (Fsp3) is 0.474. The smallest absolute Gasteiger partial charge is 0.205 e. The van der Waals surface area contributed by atoms with Crippen LogP contribution in [-0.2, 0) is 6.42 Å². The summed E-state index contributed by atoms with van der Waals surface area (Å²) in [4.78, 5) is 0. The first-order valence-corrected chi connectivity index (χ1v) is 11.1. The molecule has 3 aromatic rings. The highest BCUT2D eigenvalue weighted by molar-refractivity contribution is 7.15. The fourth-order valence-electron chi connectivity index (χ4n) is 3.66. The molecule has 0 spiro atoms. The van der Waals surface area contributed by atoms with Gasteiger partial charge in [-0.25, -0.2) is 0 Å². The standard InChI is InChI=1S/C19H24N6OS2/c1-26-15-7-2-4-12(10-15)8-9-21-19-25-23-17(28-19)14-6-3-5-13(11-14)16-22-24-18(20)27-16/h2,4,7,10,13-14H,3,5-6,8-9,11H2,1H3,(H2,20,24)(H,21,25). The van der Waals surface area contributed by atoms with Gasteiger partial charge in [0.05, 0.1) is 7.11 Å². The number of methoxy groups -OCH3 is 1. The second-order valence-corrected chi connectivity index (χ2v) is 9.06. The number of nitrogens with zero attached hydrogens (tertiary/aromatic N) is 4. The van der Waals surface area contributed by atoms with Crippen molar-refractivity contribution in [3.05, 3.63) is 39.8 Å². The summed E-state index contributed by atoms with van der Waals surface area (Å²) in [5.74, 6) is 1.76. The van der Waals surface area contributed by atoms with Crippen molar-refractivity contribution in [2.24, 2.45) is 0 Å². The summed E-state index contributed by atoms with van der Waals surface area (Å²) in [6.07, 6.45) is 5.44. The number of aromatic nitrogens is 4. The average molecular weight is 417 g/mol. The Kier molecular flexibility index (Phi) is 6.01. The summed E-state index contributed by atoms with van der Waals surface area (Å²) in [5, 5.41) is 24.0. The highest BCUT2D eigenvalue weighted by Gasteiger charge is 2.29. The molecule has 2 heterocycles. The SMILES string of the molecule is COc1cccc(CCNc2nnc(C3CCCC(c4nnc(N)s4)C3)s2)c1. The van der Waals surface area contributed by atoms with Crippen LogP contribution < -0.4 is 15.8 Å². The number of rotatable bonds is 7. The molecule has 0 bridgehead atoms. The number of nitrogens with two attached hydrogens (primary N) is 1. The molecule has 2 aromatic heterocycles. The number of benzene rings is 1. The van der Waals surface area contributed by atoms with Gasteiger partial charge in [0.15, 0.2) is 0 Å². The van der Waals surface area contributed by atoms with Gasteiger partial charge in [0.25, 0.3) is 0 Å². The molecule has 1 fully saturated rings. The summed E-state index contributed by atoms with van der Waals surface area (Å²) in [6.45, 7) is 0.819. The van der Waals surface area contributed by atoms with Crippen LogP contribution in [0.5, 0.6) is 5.75 Å². The Morgan fingerprint density at radius 2 is 1.89 bits per heavy atom. The van der Waals surface area contributed by atoms with E-state index in [0.717, 1.165) is 53.1 Å². The zero-order chi connectivity index (χ0) is 19.3. The molecule has 28 heavy (non-hydrogen) atoms. The van der Waals surface area contributed by atoms with Crippen molar-refractivity contribution in [1.29, 1.82) is 0 Å². The van der Waals surface area contributed by atoms with Gasteiger partial charge in [-0.3, -0.25) is 0 Å². The Balaban J connectivity index is 1.32. The van der Waals surface area contributed by atoms with Crippen LogP contribution in [0.25, 0.3) is 0 Å². The molecule has 0 saturated heterocycles. The van der Waals surface area contributed by atoms with Gasteiger partial charge < -0.3 is 15.8 Å². The second kappa shape index (κ2) is 8.83. The van der Waals surface area contributed by atoms with E-state index in [-0.39, 0.29) is 0 Å². The molecule has 0 radical (unpaired) electrons. The predicted octanol–water partition coefficient (Wildman–Crippen LogP) is 4.08.